The van der Waals surface area contributed by atoms with Crippen molar-refractivity contribution >= 4 is 24.0 Å². The predicted molar refractivity (Wildman–Crippen MR) is 71.9 cm³/mol. The van der Waals surface area contributed by atoms with Crippen LogP contribution in [-0.4, -0.2) is 26.6 Å². The van der Waals surface area contributed by atoms with Crippen LogP contribution in [0.25, 0.3) is 0 Å². The van der Waals surface area contributed by atoms with Gasteiger partial charge >= 0.3 is 0 Å². The van der Waals surface area contributed by atoms with Crippen molar-refractivity contribution < 1.29 is 18.3 Å². The van der Waals surface area contributed by atoms with E-state index in [1.807, 2.05) is 0 Å². The van der Waals surface area contributed by atoms with Gasteiger partial charge in [0, 0.05) is 24.6 Å². The van der Waals surface area contributed by atoms with Crippen LogP contribution in [0.15, 0.2) is 12.1 Å². The first-order valence-electron chi connectivity index (χ1n) is 5.48. The molecule has 0 saturated heterocycles. The SMILES string of the molecule is CNCC(C)C(=O)Nc1cc(F)c(OC)cc1F.Cl. The summed E-state index contributed by atoms with van der Waals surface area (Å²) in [6.07, 6.45) is 0. The van der Waals surface area contributed by atoms with Gasteiger partial charge in [-0.1, -0.05) is 6.92 Å². The molecule has 0 radical (unpaired) electrons. The summed E-state index contributed by atoms with van der Waals surface area (Å²) in [7, 11) is 2.95. The lowest BCUT2D eigenvalue weighted by atomic mass is 10.1. The van der Waals surface area contributed by atoms with Crippen molar-refractivity contribution in [3.05, 3.63) is 23.8 Å². The van der Waals surface area contributed by atoms with Gasteiger partial charge in [0.05, 0.1) is 12.8 Å². The van der Waals surface area contributed by atoms with Crippen LogP contribution in [0.5, 0.6) is 5.75 Å². The molecule has 0 spiro atoms. The number of rotatable bonds is 5. The molecule has 0 bridgehead atoms. The molecule has 19 heavy (non-hydrogen) atoms. The quantitative estimate of drug-likeness (QED) is 0.875. The summed E-state index contributed by atoms with van der Waals surface area (Å²) in [5, 5.41) is 5.17. The van der Waals surface area contributed by atoms with E-state index in [9.17, 15) is 13.6 Å². The minimum Gasteiger partial charge on any atom is -0.494 e. The van der Waals surface area contributed by atoms with Crippen molar-refractivity contribution in [3.8, 4) is 5.75 Å². The van der Waals surface area contributed by atoms with Crippen LogP contribution in [0, 0.1) is 17.6 Å². The minimum absolute atomic E-state index is 0. The number of hydrogen-bond acceptors (Lipinski definition) is 3. The average molecular weight is 295 g/mol. The normalized spacial score (nSPS) is 11.4. The average Bonchev–Trinajstić information content (AvgIpc) is 2.33. The zero-order valence-electron chi connectivity index (χ0n) is 10.9. The highest BCUT2D eigenvalue weighted by atomic mass is 35.5. The van der Waals surface area contributed by atoms with Gasteiger partial charge in [-0.25, -0.2) is 8.78 Å². The molecular weight excluding hydrogens is 278 g/mol. The molecule has 108 valence electrons. The number of carbonyl (C=O) groups excluding carboxylic acids is 1. The molecule has 0 heterocycles. The van der Waals surface area contributed by atoms with Gasteiger partial charge in [0.15, 0.2) is 17.4 Å². The third-order valence-electron chi connectivity index (χ3n) is 2.46. The Bertz CT molecular complexity index is 444. The molecule has 1 rings (SSSR count). The maximum atomic E-state index is 13.5. The standard InChI is InChI=1S/C12H16F2N2O2.ClH/c1-7(6-15-2)12(17)16-10-4-9(14)11(18-3)5-8(10)13;/h4-5,7,15H,6H2,1-3H3,(H,16,17);1H. The predicted octanol–water partition coefficient (Wildman–Crippen LogP) is 2.19. The lowest BCUT2D eigenvalue weighted by Crippen LogP contribution is -2.29. The number of halogens is 3. The fraction of sp³-hybridized carbons (Fsp3) is 0.417. The van der Waals surface area contributed by atoms with Crippen LogP contribution < -0.4 is 15.4 Å². The number of anilines is 1. The molecule has 0 saturated carbocycles. The van der Waals surface area contributed by atoms with Crippen LogP contribution in [-0.2, 0) is 4.79 Å². The Kier molecular flexibility index (Phi) is 7.33. The second kappa shape index (κ2) is 7.91. The minimum atomic E-state index is -0.738. The zero-order valence-corrected chi connectivity index (χ0v) is 11.7. The Balaban J connectivity index is 0.00000324. The van der Waals surface area contributed by atoms with E-state index in [1.165, 1.54) is 7.11 Å². The molecule has 7 heteroatoms. The van der Waals surface area contributed by atoms with Gasteiger partial charge in [0.25, 0.3) is 0 Å². The molecule has 2 N–H and O–H groups in total. The van der Waals surface area contributed by atoms with E-state index >= 15 is 0 Å². The van der Waals surface area contributed by atoms with Crippen molar-refractivity contribution in [3.63, 3.8) is 0 Å². The third-order valence-corrected chi connectivity index (χ3v) is 2.46. The van der Waals surface area contributed by atoms with E-state index in [0.29, 0.717) is 6.54 Å². The van der Waals surface area contributed by atoms with Crippen molar-refractivity contribution in [1.29, 1.82) is 0 Å². The number of hydrogen-bond donors (Lipinski definition) is 2. The second-order valence-electron chi connectivity index (χ2n) is 3.91. The van der Waals surface area contributed by atoms with E-state index in [4.69, 9.17) is 0 Å². The fourth-order valence-electron chi connectivity index (χ4n) is 1.44. The highest BCUT2D eigenvalue weighted by molar-refractivity contribution is 5.92. The van der Waals surface area contributed by atoms with Crippen LogP contribution in [0.3, 0.4) is 0 Å². The first kappa shape index (κ1) is 17.6. The van der Waals surface area contributed by atoms with Gasteiger partial charge < -0.3 is 15.4 Å². The molecule has 0 aromatic heterocycles. The highest BCUT2D eigenvalue weighted by Gasteiger charge is 2.16. The molecule has 0 aliphatic rings. The van der Waals surface area contributed by atoms with Crippen molar-refractivity contribution in [2.45, 2.75) is 6.92 Å². The molecule has 0 fully saturated rings. The maximum absolute atomic E-state index is 13.5. The first-order chi connectivity index (χ1) is 8.49. The van der Waals surface area contributed by atoms with Gasteiger partial charge in [0.1, 0.15) is 0 Å². The Morgan fingerprint density at radius 3 is 2.53 bits per heavy atom. The molecular formula is C12H17ClF2N2O2. The third kappa shape index (κ3) is 4.65. The monoisotopic (exact) mass is 294 g/mol. The number of benzene rings is 1. The summed E-state index contributed by atoms with van der Waals surface area (Å²) in [5.41, 5.74) is -0.193. The zero-order chi connectivity index (χ0) is 13.7. The van der Waals surface area contributed by atoms with E-state index < -0.39 is 11.6 Å². The van der Waals surface area contributed by atoms with Gasteiger partial charge in [-0.3, -0.25) is 4.79 Å². The maximum Gasteiger partial charge on any atom is 0.228 e. The second-order valence-corrected chi connectivity index (χ2v) is 3.91. The Hall–Kier alpha value is -1.40. The molecule has 1 amide bonds. The van der Waals surface area contributed by atoms with Gasteiger partial charge in [0.2, 0.25) is 5.91 Å². The van der Waals surface area contributed by atoms with Crippen molar-refractivity contribution in [2.24, 2.45) is 5.92 Å². The molecule has 1 aromatic rings. The molecule has 1 atom stereocenters. The summed E-state index contributed by atoms with van der Waals surface area (Å²) < 4.78 is 31.6. The van der Waals surface area contributed by atoms with Gasteiger partial charge in [-0.05, 0) is 7.05 Å². The van der Waals surface area contributed by atoms with Gasteiger partial charge in [-0.15, -0.1) is 12.4 Å². The van der Waals surface area contributed by atoms with Crippen LogP contribution in [0.2, 0.25) is 0 Å². The summed E-state index contributed by atoms with van der Waals surface area (Å²) in [5.74, 6) is -2.39. The van der Waals surface area contributed by atoms with Crippen LogP contribution >= 0.6 is 12.4 Å². The summed E-state index contributed by atoms with van der Waals surface area (Å²) >= 11 is 0. The van der Waals surface area contributed by atoms with Crippen molar-refractivity contribution in [1.82, 2.24) is 5.32 Å². The summed E-state index contributed by atoms with van der Waals surface area (Å²) in [4.78, 5) is 11.6. The smallest absolute Gasteiger partial charge is 0.228 e. The van der Waals surface area contributed by atoms with Gasteiger partial charge in [-0.2, -0.15) is 0 Å². The lowest BCUT2D eigenvalue weighted by molar-refractivity contribution is -0.119. The highest BCUT2D eigenvalue weighted by Crippen LogP contribution is 2.24. The van der Waals surface area contributed by atoms with E-state index in [2.05, 4.69) is 15.4 Å². The number of nitrogens with one attached hydrogen (secondary N) is 2. The van der Waals surface area contributed by atoms with Crippen LogP contribution in [0.1, 0.15) is 6.92 Å². The van der Waals surface area contributed by atoms with E-state index in [0.717, 1.165) is 12.1 Å². The first-order valence-corrected chi connectivity index (χ1v) is 5.48. The Morgan fingerprint density at radius 1 is 1.37 bits per heavy atom. The molecule has 4 nitrogen and oxygen atoms in total. The van der Waals surface area contributed by atoms with E-state index in [-0.39, 0.29) is 35.7 Å². The number of methoxy groups -OCH3 is 1. The molecule has 0 aliphatic heterocycles. The largest absolute Gasteiger partial charge is 0.494 e. The number of amides is 1. The Morgan fingerprint density at radius 2 is 2.00 bits per heavy atom. The molecule has 0 aliphatic carbocycles. The summed E-state index contributed by atoms with van der Waals surface area (Å²) in [6, 6.07) is 1.80. The number of carbonyl (C=O) groups is 1. The Labute approximate surface area is 116 Å². The molecule has 1 aromatic carbocycles. The van der Waals surface area contributed by atoms with E-state index in [1.54, 1.807) is 14.0 Å². The number of ether oxygens (including phenoxy) is 1. The molecule has 1 unspecified atom stereocenters. The topological polar surface area (TPSA) is 50.4 Å². The fourth-order valence-corrected chi connectivity index (χ4v) is 1.44. The van der Waals surface area contributed by atoms with Crippen molar-refractivity contribution in [2.75, 3.05) is 26.0 Å². The van der Waals surface area contributed by atoms with Crippen LogP contribution in [0.4, 0.5) is 14.5 Å². The summed E-state index contributed by atoms with van der Waals surface area (Å²) in [6.45, 7) is 2.13. The lowest BCUT2D eigenvalue weighted by Gasteiger charge is -2.13.